The van der Waals surface area contributed by atoms with Gasteiger partial charge in [0.15, 0.2) is 5.82 Å². The quantitative estimate of drug-likeness (QED) is 0.638. The number of ether oxygens (including phenoxy) is 1. The third-order valence-corrected chi connectivity index (χ3v) is 5.95. The summed E-state index contributed by atoms with van der Waals surface area (Å²) in [5, 5.41) is 4.54. The molecule has 0 saturated carbocycles. The molecule has 3 rings (SSSR count). The molecule has 0 aliphatic heterocycles. The monoisotopic (exact) mass is 375 g/mol. The molecule has 0 spiro atoms. The second-order valence-corrected chi connectivity index (χ2v) is 7.85. The number of methoxy groups -OCH3 is 1. The van der Waals surface area contributed by atoms with E-state index in [1.807, 2.05) is 6.92 Å². The van der Waals surface area contributed by atoms with Crippen LogP contribution in [0.25, 0.3) is 11.4 Å². The second-order valence-electron chi connectivity index (χ2n) is 5.31. The highest BCUT2D eigenvalue weighted by atomic mass is 32.2. The average molecular weight is 375 g/mol. The summed E-state index contributed by atoms with van der Waals surface area (Å²) in [6.45, 7) is 1.90. The molecular formula is C17H17N3O3S2. The van der Waals surface area contributed by atoms with Crippen molar-refractivity contribution in [3.63, 3.8) is 0 Å². The van der Waals surface area contributed by atoms with Crippen molar-refractivity contribution in [3.8, 4) is 17.1 Å². The van der Waals surface area contributed by atoms with E-state index >= 15 is 0 Å². The van der Waals surface area contributed by atoms with Gasteiger partial charge in [0.2, 0.25) is 5.16 Å². The normalized spacial score (nSPS) is 11.5. The van der Waals surface area contributed by atoms with Crippen LogP contribution in [0.15, 0.2) is 58.6 Å². The van der Waals surface area contributed by atoms with Gasteiger partial charge >= 0.3 is 0 Å². The summed E-state index contributed by atoms with van der Waals surface area (Å²) in [5.41, 5.74) is 1.70. The molecule has 0 bridgehead atoms. The zero-order valence-corrected chi connectivity index (χ0v) is 15.6. The highest BCUT2D eigenvalue weighted by molar-refractivity contribution is 7.99. The lowest BCUT2D eigenvalue weighted by Gasteiger charge is -2.06. The standard InChI is InChI=1S/C17H17N3O3S2/c1-12-4-10-15(11-5-12)25(21,22)20-17(24-3)18-16(19-20)13-6-8-14(23-2)9-7-13/h4-11H,1-3H3. The van der Waals surface area contributed by atoms with Gasteiger partial charge in [0.25, 0.3) is 10.0 Å². The largest absolute Gasteiger partial charge is 0.497 e. The third-order valence-electron chi connectivity index (χ3n) is 3.63. The first-order valence-corrected chi connectivity index (χ1v) is 10.1. The number of aryl methyl sites for hydroxylation is 1. The van der Waals surface area contributed by atoms with Gasteiger partial charge in [-0.2, -0.15) is 13.4 Å². The Morgan fingerprint density at radius 1 is 1.04 bits per heavy atom. The van der Waals surface area contributed by atoms with Gasteiger partial charge < -0.3 is 4.74 Å². The smallest absolute Gasteiger partial charge is 0.285 e. The Balaban J connectivity index is 2.07. The zero-order valence-electron chi connectivity index (χ0n) is 14.0. The molecule has 0 N–H and O–H groups in total. The summed E-state index contributed by atoms with van der Waals surface area (Å²) in [5.74, 6) is 1.06. The van der Waals surface area contributed by atoms with Crippen molar-refractivity contribution >= 4 is 21.8 Å². The Morgan fingerprint density at radius 3 is 2.24 bits per heavy atom. The van der Waals surface area contributed by atoms with Crippen LogP contribution in [-0.2, 0) is 10.0 Å². The minimum Gasteiger partial charge on any atom is -0.497 e. The molecule has 130 valence electrons. The van der Waals surface area contributed by atoms with Crippen molar-refractivity contribution in [2.75, 3.05) is 13.4 Å². The SMILES string of the molecule is COc1ccc(-c2nc(SC)n(S(=O)(=O)c3ccc(C)cc3)n2)cc1. The first-order valence-electron chi connectivity index (χ1n) is 7.43. The van der Waals surface area contributed by atoms with E-state index in [9.17, 15) is 8.42 Å². The molecule has 8 heteroatoms. The minimum absolute atomic E-state index is 0.180. The van der Waals surface area contributed by atoms with Gasteiger partial charge in [-0.15, -0.1) is 9.19 Å². The van der Waals surface area contributed by atoms with Gasteiger partial charge in [-0.05, 0) is 49.6 Å². The summed E-state index contributed by atoms with van der Waals surface area (Å²) >= 11 is 1.23. The van der Waals surface area contributed by atoms with E-state index in [1.165, 1.54) is 11.8 Å². The average Bonchev–Trinajstić information content (AvgIpc) is 3.07. The van der Waals surface area contributed by atoms with Gasteiger partial charge in [-0.25, -0.2) is 0 Å². The van der Waals surface area contributed by atoms with Gasteiger partial charge in [0.1, 0.15) is 5.75 Å². The Kier molecular flexibility index (Phi) is 4.82. The van der Waals surface area contributed by atoms with Crippen molar-refractivity contribution < 1.29 is 13.2 Å². The molecule has 0 amide bonds. The number of aromatic nitrogens is 3. The third kappa shape index (κ3) is 3.40. The maximum Gasteiger partial charge on any atom is 0.285 e. The van der Waals surface area contributed by atoms with E-state index in [0.29, 0.717) is 22.3 Å². The lowest BCUT2D eigenvalue weighted by Crippen LogP contribution is -2.15. The van der Waals surface area contributed by atoms with Crippen LogP contribution in [0.3, 0.4) is 0 Å². The lowest BCUT2D eigenvalue weighted by atomic mass is 10.2. The highest BCUT2D eigenvalue weighted by Gasteiger charge is 2.24. The molecule has 0 saturated heterocycles. The number of hydrogen-bond acceptors (Lipinski definition) is 6. The van der Waals surface area contributed by atoms with Crippen LogP contribution in [0.2, 0.25) is 0 Å². The molecule has 0 fully saturated rings. The predicted octanol–water partition coefficient (Wildman–Crippen LogP) is 3.22. The topological polar surface area (TPSA) is 74.1 Å². The molecule has 2 aromatic carbocycles. The van der Waals surface area contributed by atoms with Crippen molar-refractivity contribution in [1.29, 1.82) is 0 Å². The number of rotatable bonds is 5. The maximum absolute atomic E-state index is 12.9. The van der Waals surface area contributed by atoms with E-state index in [4.69, 9.17) is 4.74 Å². The summed E-state index contributed by atoms with van der Waals surface area (Å²) in [6, 6.07) is 13.8. The Morgan fingerprint density at radius 2 is 1.68 bits per heavy atom. The molecule has 0 aliphatic carbocycles. The van der Waals surface area contributed by atoms with Crippen molar-refractivity contribution in [2.45, 2.75) is 17.0 Å². The number of hydrogen-bond donors (Lipinski definition) is 0. The molecule has 25 heavy (non-hydrogen) atoms. The van der Waals surface area contributed by atoms with Crippen LogP contribution >= 0.6 is 11.8 Å². The molecule has 0 unspecified atom stereocenters. The molecule has 0 radical (unpaired) electrons. The zero-order chi connectivity index (χ0) is 18.0. The Hall–Kier alpha value is -2.32. The summed E-state index contributed by atoms with van der Waals surface area (Å²) in [7, 11) is -2.22. The fourth-order valence-electron chi connectivity index (χ4n) is 2.24. The number of benzene rings is 2. The van der Waals surface area contributed by atoms with Crippen LogP contribution in [0.1, 0.15) is 5.56 Å². The predicted molar refractivity (Wildman–Crippen MR) is 97.6 cm³/mol. The molecule has 0 atom stereocenters. The maximum atomic E-state index is 12.9. The second kappa shape index (κ2) is 6.89. The summed E-state index contributed by atoms with van der Waals surface area (Å²) in [4.78, 5) is 4.54. The first kappa shape index (κ1) is 17.5. The molecule has 0 aliphatic rings. The van der Waals surface area contributed by atoms with Gasteiger partial charge in [-0.1, -0.05) is 29.5 Å². The van der Waals surface area contributed by atoms with Crippen LogP contribution in [-0.4, -0.2) is 36.0 Å². The molecule has 1 heterocycles. The molecular weight excluding hydrogens is 358 g/mol. The number of thioether (sulfide) groups is 1. The van der Waals surface area contributed by atoms with E-state index in [1.54, 1.807) is 61.9 Å². The van der Waals surface area contributed by atoms with Crippen LogP contribution in [0.4, 0.5) is 0 Å². The van der Waals surface area contributed by atoms with Gasteiger partial charge in [0.05, 0.1) is 12.0 Å². The minimum atomic E-state index is -3.80. The van der Waals surface area contributed by atoms with Gasteiger partial charge in [0, 0.05) is 5.56 Å². The summed E-state index contributed by atoms with van der Waals surface area (Å²) in [6.07, 6.45) is 1.77. The highest BCUT2D eigenvalue weighted by Crippen LogP contribution is 2.25. The summed E-state index contributed by atoms with van der Waals surface area (Å²) < 4.78 is 31.9. The molecule has 6 nitrogen and oxygen atoms in total. The van der Waals surface area contributed by atoms with Crippen molar-refractivity contribution in [2.24, 2.45) is 0 Å². The molecule has 3 aromatic rings. The van der Waals surface area contributed by atoms with Crippen LogP contribution in [0.5, 0.6) is 5.75 Å². The van der Waals surface area contributed by atoms with E-state index in [-0.39, 0.29) is 4.90 Å². The fourth-order valence-corrected chi connectivity index (χ4v) is 4.24. The van der Waals surface area contributed by atoms with E-state index in [0.717, 1.165) is 9.65 Å². The number of nitrogens with zero attached hydrogens (tertiary/aromatic N) is 3. The van der Waals surface area contributed by atoms with Crippen LogP contribution in [0, 0.1) is 6.92 Å². The Bertz CT molecular complexity index is 979. The first-order chi connectivity index (χ1) is 12.0. The fraction of sp³-hybridized carbons (Fsp3) is 0.176. The van der Waals surface area contributed by atoms with Crippen molar-refractivity contribution in [1.82, 2.24) is 14.2 Å². The van der Waals surface area contributed by atoms with E-state index < -0.39 is 10.0 Å². The van der Waals surface area contributed by atoms with Crippen LogP contribution < -0.4 is 4.74 Å². The Labute approximate surface area is 150 Å². The van der Waals surface area contributed by atoms with E-state index in [2.05, 4.69) is 10.1 Å². The van der Waals surface area contributed by atoms with Crippen molar-refractivity contribution in [3.05, 3.63) is 54.1 Å². The van der Waals surface area contributed by atoms with Gasteiger partial charge in [-0.3, -0.25) is 0 Å². The molecule has 1 aromatic heterocycles. The lowest BCUT2D eigenvalue weighted by molar-refractivity contribution is 0.415.